The van der Waals surface area contributed by atoms with Gasteiger partial charge in [0, 0.05) is 22.2 Å². The highest BCUT2D eigenvalue weighted by Gasteiger charge is 2.08. The van der Waals surface area contributed by atoms with Crippen molar-refractivity contribution >= 4 is 22.4 Å². The van der Waals surface area contributed by atoms with Gasteiger partial charge in [-0.3, -0.25) is 4.98 Å². The topological polar surface area (TPSA) is 58.9 Å². The first kappa shape index (κ1) is 22.5. The van der Waals surface area contributed by atoms with Crippen molar-refractivity contribution in [3.05, 3.63) is 59.0 Å². The predicted molar refractivity (Wildman–Crippen MR) is 124 cm³/mol. The number of pyridine rings is 1. The minimum atomic E-state index is 0.230. The Hall–Kier alpha value is -2.79. The second-order valence-electron chi connectivity index (χ2n) is 5.92. The van der Waals surface area contributed by atoms with Crippen molar-refractivity contribution in [3.8, 4) is 28.3 Å². The Bertz CT molecular complexity index is 1030. The molecule has 0 unspecified atom stereocenters. The van der Waals surface area contributed by atoms with Crippen LogP contribution in [0.15, 0.2) is 54.2 Å². The van der Waals surface area contributed by atoms with Gasteiger partial charge < -0.3 is 5.11 Å². The quantitative estimate of drug-likeness (QED) is 0.391. The van der Waals surface area contributed by atoms with Gasteiger partial charge in [-0.05, 0) is 53.8 Å². The summed E-state index contributed by atoms with van der Waals surface area (Å²) in [5.41, 5.74) is 4.72. The van der Waals surface area contributed by atoms with E-state index in [2.05, 4.69) is 39.4 Å². The fraction of sp³-hybridized carbons (Fsp3) is 0.292. The van der Waals surface area contributed by atoms with Gasteiger partial charge in [-0.25, -0.2) is 9.97 Å². The summed E-state index contributed by atoms with van der Waals surface area (Å²) >= 11 is 1.79. The van der Waals surface area contributed by atoms with Gasteiger partial charge in [-0.1, -0.05) is 41.0 Å². The monoisotopic (exact) mass is 407 g/mol. The van der Waals surface area contributed by atoms with Crippen LogP contribution in [0, 0.1) is 0 Å². The van der Waals surface area contributed by atoms with Gasteiger partial charge in [0.1, 0.15) is 11.3 Å². The molecule has 4 rings (SSSR count). The molecule has 0 aliphatic heterocycles. The minimum absolute atomic E-state index is 0.230. The lowest BCUT2D eigenvalue weighted by molar-refractivity contribution is 0.475. The van der Waals surface area contributed by atoms with E-state index in [0.29, 0.717) is 5.82 Å². The molecule has 0 saturated heterocycles. The molecule has 5 heteroatoms. The van der Waals surface area contributed by atoms with E-state index >= 15 is 0 Å². The molecule has 29 heavy (non-hydrogen) atoms. The molecule has 3 heterocycles. The van der Waals surface area contributed by atoms with E-state index < -0.39 is 0 Å². The van der Waals surface area contributed by atoms with Crippen molar-refractivity contribution in [1.29, 1.82) is 0 Å². The molecule has 1 aromatic carbocycles. The average molecular weight is 408 g/mol. The second kappa shape index (κ2) is 11.3. The van der Waals surface area contributed by atoms with Crippen molar-refractivity contribution in [2.45, 2.75) is 47.5 Å². The van der Waals surface area contributed by atoms with Gasteiger partial charge in [0.15, 0.2) is 5.82 Å². The third kappa shape index (κ3) is 5.61. The van der Waals surface area contributed by atoms with E-state index in [9.17, 15) is 5.11 Å². The standard InChI is InChI=1S/C20H17N3OS.2C2H6/c1-2-3-17-8-15(12-25-17)14-9-18-19(21-10-14)11-22-20(23-18)13-4-6-16(24)7-5-13;2*1-2/h4-12,24H,2-3H2,1H3;2*1-2H3. The fourth-order valence-corrected chi connectivity index (χ4v) is 3.73. The number of fused-ring (bicyclic) bond motifs is 1. The summed E-state index contributed by atoms with van der Waals surface area (Å²) in [6, 6.07) is 11.2. The molecular formula is C24H29N3OS. The van der Waals surface area contributed by atoms with Gasteiger partial charge in [-0.15, -0.1) is 11.3 Å². The predicted octanol–water partition coefficient (Wildman–Crippen LogP) is 7.13. The summed E-state index contributed by atoms with van der Waals surface area (Å²) in [7, 11) is 0. The highest BCUT2D eigenvalue weighted by Crippen LogP contribution is 2.28. The first-order valence-corrected chi connectivity index (χ1v) is 11.1. The van der Waals surface area contributed by atoms with Crippen molar-refractivity contribution in [2.75, 3.05) is 0 Å². The molecule has 0 amide bonds. The van der Waals surface area contributed by atoms with E-state index in [1.807, 2.05) is 46.0 Å². The van der Waals surface area contributed by atoms with Gasteiger partial charge in [-0.2, -0.15) is 0 Å². The highest BCUT2D eigenvalue weighted by atomic mass is 32.1. The summed E-state index contributed by atoms with van der Waals surface area (Å²) in [6.45, 7) is 10.2. The second-order valence-corrected chi connectivity index (χ2v) is 6.92. The minimum Gasteiger partial charge on any atom is -0.508 e. The lowest BCUT2D eigenvalue weighted by Gasteiger charge is -2.04. The zero-order valence-corrected chi connectivity index (χ0v) is 18.6. The number of nitrogens with zero attached hydrogens (tertiary/aromatic N) is 3. The van der Waals surface area contributed by atoms with Gasteiger partial charge in [0.2, 0.25) is 0 Å². The Morgan fingerprint density at radius 1 is 0.828 bits per heavy atom. The number of thiophene rings is 1. The van der Waals surface area contributed by atoms with Crippen LogP contribution in [-0.4, -0.2) is 20.1 Å². The van der Waals surface area contributed by atoms with Crippen molar-refractivity contribution in [3.63, 3.8) is 0 Å². The van der Waals surface area contributed by atoms with Crippen molar-refractivity contribution < 1.29 is 5.11 Å². The molecule has 0 fully saturated rings. The summed E-state index contributed by atoms with van der Waals surface area (Å²) < 4.78 is 0. The lowest BCUT2D eigenvalue weighted by atomic mass is 10.1. The summed E-state index contributed by atoms with van der Waals surface area (Å²) in [5.74, 6) is 0.859. The van der Waals surface area contributed by atoms with Crippen LogP contribution in [-0.2, 0) is 6.42 Å². The normalized spacial score (nSPS) is 9.97. The summed E-state index contributed by atoms with van der Waals surface area (Å²) in [4.78, 5) is 14.9. The maximum Gasteiger partial charge on any atom is 0.159 e. The third-order valence-electron chi connectivity index (χ3n) is 4.04. The Morgan fingerprint density at radius 3 is 2.24 bits per heavy atom. The molecule has 3 aromatic heterocycles. The van der Waals surface area contributed by atoms with Crippen LogP contribution in [0.1, 0.15) is 45.9 Å². The number of phenolic OH excluding ortho intramolecular Hbond substituents is 1. The number of benzene rings is 1. The van der Waals surface area contributed by atoms with E-state index in [1.54, 1.807) is 29.7 Å². The summed E-state index contributed by atoms with van der Waals surface area (Å²) in [6.07, 6.45) is 5.88. The molecule has 0 saturated carbocycles. The fourth-order valence-electron chi connectivity index (χ4n) is 2.73. The van der Waals surface area contributed by atoms with Crippen LogP contribution in [0.25, 0.3) is 33.5 Å². The van der Waals surface area contributed by atoms with Crippen LogP contribution in [0.3, 0.4) is 0 Å². The Balaban J connectivity index is 0.000000707. The molecule has 0 aliphatic carbocycles. The van der Waals surface area contributed by atoms with Gasteiger partial charge in [0.05, 0.1) is 11.7 Å². The van der Waals surface area contributed by atoms with Crippen molar-refractivity contribution in [1.82, 2.24) is 15.0 Å². The molecule has 152 valence electrons. The Labute approximate surface area is 177 Å². The van der Waals surface area contributed by atoms with Crippen LogP contribution >= 0.6 is 11.3 Å². The van der Waals surface area contributed by atoms with Crippen LogP contribution in [0.2, 0.25) is 0 Å². The van der Waals surface area contributed by atoms with E-state index in [-0.39, 0.29) is 5.75 Å². The Morgan fingerprint density at radius 2 is 1.55 bits per heavy atom. The SMILES string of the molecule is CC.CC.CCCc1cc(-c2cnc3cnc(-c4ccc(O)cc4)nc3c2)cs1. The van der Waals surface area contributed by atoms with E-state index in [1.165, 1.54) is 10.4 Å². The lowest BCUT2D eigenvalue weighted by Crippen LogP contribution is -1.92. The van der Waals surface area contributed by atoms with Gasteiger partial charge in [0.25, 0.3) is 0 Å². The molecule has 0 atom stereocenters. The zero-order valence-electron chi connectivity index (χ0n) is 17.8. The maximum absolute atomic E-state index is 9.43. The maximum atomic E-state index is 9.43. The van der Waals surface area contributed by atoms with Crippen LogP contribution in [0.4, 0.5) is 0 Å². The van der Waals surface area contributed by atoms with Crippen molar-refractivity contribution in [2.24, 2.45) is 0 Å². The number of hydrogen-bond donors (Lipinski definition) is 1. The molecule has 4 nitrogen and oxygen atoms in total. The number of aromatic hydroxyl groups is 1. The number of aromatic nitrogens is 3. The van der Waals surface area contributed by atoms with Gasteiger partial charge >= 0.3 is 0 Å². The highest BCUT2D eigenvalue weighted by molar-refractivity contribution is 7.10. The molecule has 4 aromatic rings. The van der Waals surface area contributed by atoms with Crippen LogP contribution in [0.5, 0.6) is 5.75 Å². The Kier molecular flexibility index (Phi) is 8.74. The number of hydrogen-bond acceptors (Lipinski definition) is 5. The molecule has 0 radical (unpaired) electrons. The first-order chi connectivity index (χ1) is 14.2. The van der Waals surface area contributed by atoms with E-state index in [4.69, 9.17) is 0 Å². The zero-order chi connectivity index (χ0) is 21.2. The largest absolute Gasteiger partial charge is 0.508 e. The number of aryl methyl sites for hydroxylation is 1. The molecule has 0 aliphatic rings. The first-order valence-electron chi connectivity index (χ1n) is 10.2. The van der Waals surface area contributed by atoms with E-state index in [0.717, 1.165) is 35.0 Å². The smallest absolute Gasteiger partial charge is 0.159 e. The molecular weight excluding hydrogens is 378 g/mol. The molecule has 1 N–H and O–H groups in total. The molecule has 0 spiro atoms. The molecule has 0 bridgehead atoms. The number of phenols is 1. The summed E-state index contributed by atoms with van der Waals surface area (Å²) in [5, 5.41) is 11.6. The van der Waals surface area contributed by atoms with Crippen LogP contribution < -0.4 is 0 Å². The number of rotatable bonds is 4. The average Bonchev–Trinajstić information content (AvgIpc) is 3.25. The third-order valence-corrected chi connectivity index (χ3v) is 5.04.